The van der Waals surface area contributed by atoms with Crippen LogP contribution in [0.2, 0.25) is 0 Å². The highest BCUT2D eigenvalue weighted by Crippen LogP contribution is 2.32. The third-order valence-electron chi connectivity index (χ3n) is 5.30. The fraction of sp³-hybridized carbons (Fsp3) is 0.217. The van der Waals surface area contributed by atoms with Crippen molar-refractivity contribution < 1.29 is 14.3 Å². The lowest BCUT2D eigenvalue weighted by Gasteiger charge is -2.34. The maximum atomic E-state index is 12.6. The second-order valence-corrected chi connectivity index (χ2v) is 7.38. The van der Waals surface area contributed by atoms with Gasteiger partial charge in [-0.05, 0) is 48.0 Å². The number of nitrogens with one attached hydrogen (secondary N) is 1. The van der Waals surface area contributed by atoms with Crippen molar-refractivity contribution in [3.05, 3.63) is 66.4 Å². The van der Waals surface area contributed by atoms with E-state index >= 15 is 0 Å². The first-order valence-electron chi connectivity index (χ1n) is 10.4. The monoisotopic (exact) mass is 430 g/mol. The third kappa shape index (κ3) is 4.46. The molecule has 2 aliphatic rings. The van der Waals surface area contributed by atoms with Crippen LogP contribution in [0.25, 0.3) is 6.08 Å². The molecule has 2 aromatic heterocycles. The number of benzene rings is 1. The van der Waals surface area contributed by atoms with Crippen LogP contribution >= 0.6 is 0 Å². The molecular formula is C23H22N6O3. The van der Waals surface area contributed by atoms with Crippen molar-refractivity contribution in [3.63, 3.8) is 0 Å². The second kappa shape index (κ2) is 8.93. The molecule has 2 aliphatic heterocycles. The highest BCUT2D eigenvalue weighted by Gasteiger charge is 2.21. The van der Waals surface area contributed by atoms with Gasteiger partial charge in [-0.25, -0.2) is 4.98 Å². The van der Waals surface area contributed by atoms with Gasteiger partial charge in [-0.15, -0.1) is 10.2 Å². The molecule has 4 heterocycles. The van der Waals surface area contributed by atoms with Gasteiger partial charge >= 0.3 is 0 Å². The molecular weight excluding hydrogens is 408 g/mol. The lowest BCUT2D eigenvalue weighted by Crippen LogP contribution is -2.48. The number of piperazine rings is 1. The highest BCUT2D eigenvalue weighted by molar-refractivity contribution is 5.92. The lowest BCUT2D eigenvalue weighted by molar-refractivity contribution is -0.126. The highest BCUT2D eigenvalue weighted by atomic mass is 16.7. The number of carbonyl (C=O) groups is 1. The van der Waals surface area contributed by atoms with Crippen LogP contribution in [0.15, 0.2) is 60.8 Å². The minimum Gasteiger partial charge on any atom is -0.454 e. The number of hydrogen-bond donors (Lipinski definition) is 1. The fourth-order valence-corrected chi connectivity index (χ4v) is 3.57. The molecule has 0 spiro atoms. The molecule has 1 N–H and O–H groups in total. The molecule has 0 radical (unpaired) electrons. The van der Waals surface area contributed by atoms with Crippen LogP contribution in [0.3, 0.4) is 0 Å². The van der Waals surface area contributed by atoms with Gasteiger partial charge in [0.05, 0.1) is 0 Å². The van der Waals surface area contributed by atoms with Crippen LogP contribution in [0.4, 0.5) is 17.5 Å². The summed E-state index contributed by atoms with van der Waals surface area (Å²) in [5.41, 5.74) is 0.899. The number of hydrogen-bond acceptors (Lipinski definition) is 8. The molecule has 32 heavy (non-hydrogen) atoms. The van der Waals surface area contributed by atoms with Crippen LogP contribution in [0, 0.1) is 0 Å². The summed E-state index contributed by atoms with van der Waals surface area (Å²) in [6.07, 6.45) is 5.12. The van der Waals surface area contributed by atoms with Gasteiger partial charge in [-0.2, -0.15) is 0 Å². The number of aromatic nitrogens is 3. The molecule has 162 valence electrons. The number of anilines is 3. The summed E-state index contributed by atoms with van der Waals surface area (Å²) in [5, 5.41) is 11.7. The molecule has 1 aromatic carbocycles. The second-order valence-electron chi connectivity index (χ2n) is 7.38. The maximum absolute atomic E-state index is 12.6. The van der Waals surface area contributed by atoms with Gasteiger partial charge in [0, 0.05) is 38.5 Å². The van der Waals surface area contributed by atoms with Gasteiger partial charge in [0.2, 0.25) is 12.7 Å². The quantitative estimate of drug-likeness (QED) is 0.618. The van der Waals surface area contributed by atoms with Crippen molar-refractivity contribution in [2.24, 2.45) is 0 Å². The summed E-state index contributed by atoms with van der Waals surface area (Å²) in [4.78, 5) is 20.8. The molecule has 9 heteroatoms. The third-order valence-corrected chi connectivity index (χ3v) is 5.30. The first-order valence-corrected chi connectivity index (χ1v) is 10.4. The average molecular weight is 430 g/mol. The zero-order valence-corrected chi connectivity index (χ0v) is 17.3. The molecule has 3 aromatic rings. The van der Waals surface area contributed by atoms with Gasteiger partial charge in [-0.3, -0.25) is 4.79 Å². The first-order chi connectivity index (χ1) is 15.7. The Morgan fingerprint density at radius 2 is 1.81 bits per heavy atom. The Morgan fingerprint density at radius 1 is 0.938 bits per heavy atom. The SMILES string of the molecule is O=C(/C=C/c1ccc2c(c1)OCO2)N1CCN(c2ccc(Nc3ccccn3)nn2)CC1. The molecule has 9 nitrogen and oxygen atoms in total. The predicted octanol–water partition coefficient (Wildman–Crippen LogP) is 2.71. The molecule has 1 amide bonds. The van der Waals surface area contributed by atoms with Crippen molar-refractivity contribution in [1.29, 1.82) is 0 Å². The molecule has 0 unspecified atom stereocenters. The number of ether oxygens (including phenoxy) is 2. The van der Waals surface area contributed by atoms with E-state index in [1.807, 2.05) is 53.4 Å². The van der Waals surface area contributed by atoms with E-state index in [9.17, 15) is 4.79 Å². The summed E-state index contributed by atoms with van der Waals surface area (Å²) in [7, 11) is 0. The summed E-state index contributed by atoms with van der Waals surface area (Å²) < 4.78 is 10.7. The summed E-state index contributed by atoms with van der Waals surface area (Å²) >= 11 is 0. The Hall–Kier alpha value is -4.14. The van der Waals surface area contributed by atoms with Gasteiger partial charge < -0.3 is 24.6 Å². The van der Waals surface area contributed by atoms with Gasteiger partial charge in [0.25, 0.3) is 0 Å². The molecule has 5 rings (SSSR count). The number of amides is 1. The largest absolute Gasteiger partial charge is 0.454 e. The number of carbonyl (C=O) groups excluding carboxylic acids is 1. The van der Waals surface area contributed by atoms with Crippen molar-refractivity contribution in [2.75, 3.05) is 43.2 Å². The Labute approximate surface area is 185 Å². The standard InChI is InChI=1S/C23H22N6O3/c30-23(9-5-17-4-6-18-19(15-17)32-16-31-18)29-13-11-28(12-14-29)22-8-7-21(26-27-22)25-20-3-1-2-10-24-20/h1-10,15H,11-14,16H2,(H,24,25,26)/b9-5+. The van der Waals surface area contributed by atoms with E-state index in [2.05, 4.69) is 25.4 Å². The molecule has 1 fully saturated rings. The van der Waals surface area contributed by atoms with Crippen LogP contribution in [0.5, 0.6) is 11.5 Å². The molecule has 1 saturated heterocycles. The molecule has 0 atom stereocenters. The Bertz CT molecular complexity index is 1110. The number of fused-ring (bicyclic) bond motifs is 1. The van der Waals surface area contributed by atoms with E-state index in [1.165, 1.54) is 0 Å². The smallest absolute Gasteiger partial charge is 0.246 e. The number of pyridine rings is 1. The fourth-order valence-electron chi connectivity index (χ4n) is 3.57. The Morgan fingerprint density at radius 3 is 2.59 bits per heavy atom. The molecule has 0 bridgehead atoms. The lowest BCUT2D eigenvalue weighted by atomic mass is 10.2. The summed E-state index contributed by atoms with van der Waals surface area (Å²) in [5.74, 6) is 3.57. The van der Waals surface area contributed by atoms with Crippen molar-refractivity contribution >= 4 is 29.4 Å². The minimum atomic E-state index is -0.0108. The van der Waals surface area contributed by atoms with Crippen LogP contribution in [0.1, 0.15) is 5.56 Å². The van der Waals surface area contributed by atoms with E-state index in [1.54, 1.807) is 18.3 Å². The van der Waals surface area contributed by atoms with Crippen LogP contribution in [-0.4, -0.2) is 59.0 Å². The summed E-state index contributed by atoms with van der Waals surface area (Å²) in [6, 6.07) is 15.1. The van der Waals surface area contributed by atoms with Gasteiger partial charge in [-0.1, -0.05) is 12.1 Å². The van der Waals surface area contributed by atoms with Crippen molar-refractivity contribution in [2.45, 2.75) is 0 Å². The van der Waals surface area contributed by atoms with Gasteiger partial charge in [0.1, 0.15) is 5.82 Å². The van der Waals surface area contributed by atoms with E-state index in [-0.39, 0.29) is 12.7 Å². The first kappa shape index (κ1) is 19.8. The van der Waals surface area contributed by atoms with E-state index in [0.717, 1.165) is 22.9 Å². The number of rotatable bonds is 5. The zero-order chi connectivity index (χ0) is 21.8. The topological polar surface area (TPSA) is 92.7 Å². The van der Waals surface area contributed by atoms with Crippen molar-refractivity contribution in [3.8, 4) is 11.5 Å². The van der Waals surface area contributed by atoms with Crippen LogP contribution < -0.4 is 19.7 Å². The van der Waals surface area contributed by atoms with Gasteiger partial charge in [0.15, 0.2) is 23.1 Å². The minimum absolute atomic E-state index is 0.0108. The predicted molar refractivity (Wildman–Crippen MR) is 120 cm³/mol. The Balaban J connectivity index is 1.14. The van der Waals surface area contributed by atoms with E-state index in [0.29, 0.717) is 37.7 Å². The normalized spacial score (nSPS) is 15.2. The molecule has 0 aliphatic carbocycles. The number of nitrogens with zero attached hydrogens (tertiary/aromatic N) is 5. The van der Waals surface area contributed by atoms with E-state index in [4.69, 9.17) is 9.47 Å². The van der Waals surface area contributed by atoms with Crippen molar-refractivity contribution in [1.82, 2.24) is 20.1 Å². The zero-order valence-electron chi connectivity index (χ0n) is 17.3. The maximum Gasteiger partial charge on any atom is 0.246 e. The average Bonchev–Trinajstić information content (AvgIpc) is 3.32. The van der Waals surface area contributed by atoms with E-state index < -0.39 is 0 Å². The van der Waals surface area contributed by atoms with Crippen LogP contribution in [-0.2, 0) is 4.79 Å². The Kier molecular flexibility index (Phi) is 5.52. The molecule has 0 saturated carbocycles. The summed E-state index contributed by atoms with van der Waals surface area (Å²) in [6.45, 7) is 2.88.